The number of hydrogen-bond acceptors (Lipinski definition) is 3. The standard InChI is InChI=1S/C18H27N3O2.ClH/c1-13-8-10-21(11-9-13)18(23)15-6-4-5-7-16(15)20-17(22)14(2)12-19-3;/h4-7,13-14,19H,8-12H2,1-3H3,(H,20,22);1H. The molecule has 1 aromatic carbocycles. The van der Waals surface area contributed by atoms with Crippen LogP contribution in [0.15, 0.2) is 24.3 Å². The highest BCUT2D eigenvalue weighted by atomic mass is 35.5. The summed E-state index contributed by atoms with van der Waals surface area (Å²) in [6, 6.07) is 7.27. The minimum absolute atomic E-state index is 0. The highest BCUT2D eigenvalue weighted by molar-refractivity contribution is 6.04. The zero-order valence-corrected chi connectivity index (χ0v) is 15.5. The molecular formula is C18H28ClN3O2. The molecular weight excluding hydrogens is 326 g/mol. The van der Waals surface area contributed by atoms with Crippen LogP contribution in [0.5, 0.6) is 0 Å². The molecule has 1 aromatic rings. The largest absolute Gasteiger partial charge is 0.339 e. The number of piperidine rings is 1. The van der Waals surface area contributed by atoms with Gasteiger partial charge in [-0.3, -0.25) is 9.59 Å². The van der Waals surface area contributed by atoms with E-state index in [9.17, 15) is 9.59 Å². The summed E-state index contributed by atoms with van der Waals surface area (Å²) < 4.78 is 0. The first-order chi connectivity index (χ1) is 11.0. The summed E-state index contributed by atoms with van der Waals surface area (Å²) in [6.07, 6.45) is 2.08. The lowest BCUT2D eigenvalue weighted by Crippen LogP contribution is -2.38. The molecule has 0 spiro atoms. The Kier molecular flexibility index (Phi) is 8.22. The number of rotatable bonds is 5. The number of amides is 2. The summed E-state index contributed by atoms with van der Waals surface area (Å²) in [7, 11) is 1.82. The maximum atomic E-state index is 12.8. The second-order valence-corrected chi connectivity index (χ2v) is 6.47. The average molecular weight is 354 g/mol. The number of carbonyl (C=O) groups excluding carboxylic acids is 2. The van der Waals surface area contributed by atoms with Crippen molar-refractivity contribution in [2.24, 2.45) is 11.8 Å². The molecule has 1 saturated heterocycles. The van der Waals surface area contributed by atoms with Crippen molar-refractivity contribution in [2.45, 2.75) is 26.7 Å². The van der Waals surface area contributed by atoms with Gasteiger partial charge in [0.2, 0.25) is 5.91 Å². The smallest absolute Gasteiger partial charge is 0.255 e. The predicted molar refractivity (Wildman–Crippen MR) is 99.7 cm³/mol. The fourth-order valence-corrected chi connectivity index (χ4v) is 2.82. The number of anilines is 1. The summed E-state index contributed by atoms with van der Waals surface area (Å²) in [4.78, 5) is 26.9. The molecule has 0 radical (unpaired) electrons. The predicted octanol–water partition coefficient (Wildman–Crippen LogP) is 2.77. The van der Waals surface area contributed by atoms with Gasteiger partial charge in [-0.25, -0.2) is 0 Å². The number of para-hydroxylation sites is 1. The molecule has 1 unspecified atom stereocenters. The maximum Gasteiger partial charge on any atom is 0.255 e. The normalized spacial score (nSPS) is 16.2. The van der Waals surface area contributed by atoms with Crippen LogP contribution in [-0.2, 0) is 4.79 Å². The van der Waals surface area contributed by atoms with Crippen LogP contribution in [0.3, 0.4) is 0 Å². The number of nitrogens with zero attached hydrogens (tertiary/aromatic N) is 1. The Labute approximate surface area is 150 Å². The molecule has 2 rings (SSSR count). The first kappa shape index (κ1) is 20.5. The average Bonchev–Trinajstić information content (AvgIpc) is 2.55. The SMILES string of the molecule is CNCC(C)C(=O)Nc1ccccc1C(=O)N1CCC(C)CC1.Cl. The van der Waals surface area contributed by atoms with Gasteiger partial charge in [0, 0.05) is 25.6 Å². The minimum Gasteiger partial charge on any atom is -0.339 e. The second kappa shape index (κ2) is 9.64. The minimum atomic E-state index is -0.154. The van der Waals surface area contributed by atoms with Gasteiger partial charge in [0.1, 0.15) is 0 Å². The molecule has 1 heterocycles. The molecule has 0 aromatic heterocycles. The van der Waals surface area contributed by atoms with Crippen molar-refractivity contribution in [1.82, 2.24) is 10.2 Å². The summed E-state index contributed by atoms with van der Waals surface area (Å²) in [5, 5.41) is 5.89. The number of hydrogen-bond donors (Lipinski definition) is 2. The van der Waals surface area contributed by atoms with E-state index in [1.807, 2.05) is 31.0 Å². The molecule has 2 amide bonds. The van der Waals surface area contributed by atoms with Crippen molar-refractivity contribution < 1.29 is 9.59 Å². The molecule has 5 nitrogen and oxygen atoms in total. The molecule has 1 atom stereocenters. The van der Waals surface area contributed by atoms with Crippen LogP contribution >= 0.6 is 12.4 Å². The molecule has 24 heavy (non-hydrogen) atoms. The van der Waals surface area contributed by atoms with Crippen molar-refractivity contribution in [2.75, 3.05) is 32.0 Å². The van der Waals surface area contributed by atoms with Gasteiger partial charge >= 0.3 is 0 Å². The van der Waals surface area contributed by atoms with Crippen LogP contribution in [0, 0.1) is 11.8 Å². The van der Waals surface area contributed by atoms with Crippen LogP contribution in [0.1, 0.15) is 37.0 Å². The lowest BCUT2D eigenvalue weighted by atomic mass is 9.98. The zero-order valence-electron chi connectivity index (χ0n) is 14.7. The second-order valence-electron chi connectivity index (χ2n) is 6.47. The van der Waals surface area contributed by atoms with Crippen LogP contribution in [0.4, 0.5) is 5.69 Å². The molecule has 0 saturated carbocycles. The first-order valence-corrected chi connectivity index (χ1v) is 8.36. The third-order valence-electron chi connectivity index (χ3n) is 4.44. The van der Waals surface area contributed by atoms with E-state index in [0.29, 0.717) is 23.7 Å². The topological polar surface area (TPSA) is 61.4 Å². The van der Waals surface area contributed by atoms with E-state index in [1.54, 1.807) is 12.1 Å². The van der Waals surface area contributed by atoms with Gasteiger partial charge in [-0.05, 0) is 37.9 Å². The van der Waals surface area contributed by atoms with Crippen molar-refractivity contribution in [1.29, 1.82) is 0 Å². The fourth-order valence-electron chi connectivity index (χ4n) is 2.82. The van der Waals surface area contributed by atoms with E-state index in [1.165, 1.54) is 0 Å². The molecule has 0 aliphatic carbocycles. The van der Waals surface area contributed by atoms with E-state index in [4.69, 9.17) is 0 Å². The number of carbonyl (C=O) groups is 2. The van der Waals surface area contributed by atoms with Gasteiger partial charge in [-0.2, -0.15) is 0 Å². The molecule has 0 bridgehead atoms. The quantitative estimate of drug-likeness (QED) is 0.855. The van der Waals surface area contributed by atoms with Gasteiger partial charge in [-0.1, -0.05) is 26.0 Å². The summed E-state index contributed by atoms with van der Waals surface area (Å²) in [5.74, 6) is 0.455. The van der Waals surface area contributed by atoms with Crippen LogP contribution in [-0.4, -0.2) is 43.4 Å². The third kappa shape index (κ3) is 5.21. The van der Waals surface area contributed by atoms with Gasteiger partial charge in [0.25, 0.3) is 5.91 Å². The molecule has 1 aliphatic rings. The van der Waals surface area contributed by atoms with Gasteiger partial charge in [0.15, 0.2) is 0 Å². The van der Waals surface area contributed by atoms with E-state index < -0.39 is 0 Å². The molecule has 1 fully saturated rings. The Morgan fingerprint density at radius 3 is 2.50 bits per heavy atom. The monoisotopic (exact) mass is 353 g/mol. The summed E-state index contributed by atoms with van der Waals surface area (Å²) in [5.41, 5.74) is 1.18. The van der Waals surface area contributed by atoms with Gasteiger partial charge < -0.3 is 15.5 Å². The van der Waals surface area contributed by atoms with Crippen LogP contribution < -0.4 is 10.6 Å². The third-order valence-corrected chi connectivity index (χ3v) is 4.44. The molecule has 134 valence electrons. The van der Waals surface area contributed by atoms with Gasteiger partial charge in [0.05, 0.1) is 11.3 Å². The Morgan fingerprint density at radius 2 is 1.88 bits per heavy atom. The maximum absolute atomic E-state index is 12.8. The lowest BCUT2D eigenvalue weighted by Gasteiger charge is -2.31. The van der Waals surface area contributed by atoms with Crippen molar-refractivity contribution >= 4 is 29.9 Å². The summed E-state index contributed by atoms with van der Waals surface area (Å²) >= 11 is 0. The first-order valence-electron chi connectivity index (χ1n) is 8.36. The van der Waals surface area contributed by atoms with Crippen LogP contribution in [0.2, 0.25) is 0 Å². The van der Waals surface area contributed by atoms with E-state index in [-0.39, 0.29) is 30.1 Å². The van der Waals surface area contributed by atoms with E-state index in [2.05, 4.69) is 17.6 Å². The fraction of sp³-hybridized carbons (Fsp3) is 0.556. The van der Waals surface area contributed by atoms with Crippen molar-refractivity contribution in [3.63, 3.8) is 0 Å². The van der Waals surface area contributed by atoms with Crippen LogP contribution in [0.25, 0.3) is 0 Å². The number of nitrogens with one attached hydrogen (secondary N) is 2. The Hall–Kier alpha value is -1.59. The van der Waals surface area contributed by atoms with Crippen molar-refractivity contribution in [3.8, 4) is 0 Å². The Balaban J connectivity index is 0.00000288. The lowest BCUT2D eigenvalue weighted by molar-refractivity contribution is -0.119. The number of benzene rings is 1. The highest BCUT2D eigenvalue weighted by Gasteiger charge is 2.24. The zero-order chi connectivity index (χ0) is 16.8. The Bertz CT molecular complexity index is 557. The molecule has 2 N–H and O–H groups in total. The van der Waals surface area contributed by atoms with Gasteiger partial charge in [-0.15, -0.1) is 12.4 Å². The number of halogens is 1. The number of likely N-dealkylation sites (tertiary alicyclic amines) is 1. The van der Waals surface area contributed by atoms with E-state index in [0.717, 1.165) is 25.9 Å². The highest BCUT2D eigenvalue weighted by Crippen LogP contribution is 2.22. The molecule has 1 aliphatic heterocycles. The molecule has 6 heteroatoms. The Morgan fingerprint density at radius 1 is 1.25 bits per heavy atom. The van der Waals surface area contributed by atoms with E-state index >= 15 is 0 Å². The summed E-state index contributed by atoms with van der Waals surface area (Å²) in [6.45, 7) is 6.27. The van der Waals surface area contributed by atoms with Crippen molar-refractivity contribution in [3.05, 3.63) is 29.8 Å².